The molecule has 1 aromatic heterocycles. The van der Waals surface area contributed by atoms with E-state index in [4.69, 9.17) is 5.26 Å². The summed E-state index contributed by atoms with van der Waals surface area (Å²) >= 11 is 0. The van der Waals surface area contributed by atoms with Crippen molar-refractivity contribution in [2.75, 3.05) is 17.2 Å². The van der Waals surface area contributed by atoms with Crippen LogP contribution in [0.1, 0.15) is 31.0 Å². The molecule has 0 saturated heterocycles. The predicted octanol–water partition coefficient (Wildman–Crippen LogP) is 3.61. The summed E-state index contributed by atoms with van der Waals surface area (Å²) < 4.78 is 0. The molecule has 0 spiro atoms. The highest BCUT2D eigenvalue weighted by Gasteiger charge is 2.05. The molecular weight excluding hydrogens is 262 g/mol. The highest BCUT2D eigenvalue weighted by Crippen LogP contribution is 2.19. The van der Waals surface area contributed by atoms with Gasteiger partial charge in [-0.3, -0.25) is 0 Å². The lowest BCUT2D eigenvalue weighted by atomic mass is 10.2. The molecule has 0 bridgehead atoms. The van der Waals surface area contributed by atoms with Gasteiger partial charge >= 0.3 is 0 Å². The maximum atomic E-state index is 9.11. The maximum absolute atomic E-state index is 9.11. The first-order valence-electron chi connectivity index (χ1n) is 7.08. The van der Waals surface area contributed by atoms with Gasteiger partial charge in [0, 0.05) is 18.3 Å². The second-order valence-electron chi connectivity index (χ2n) is 4.78. The van der Waals surface area contributed by atoms with Crippen molar-refractivity contribution in [3.05, 3.63) is 41.6 Å². The average Bonchev–Trinajstić information content (AvgIpc) is 2.47. The van der Waals surface area contributed by atoms with Crippen LogP contribution in [0.3, 0.4) is 0 Å². The number of unbranched alkanes of at least 4 members (excludes halogenated alkanes) is 1. The molecule has 0 fully saturated rings. The van der Waals surface area contributed by atoms with E-state index in [2.05, 4.69) is 33.6 Å². The molecule has 0 aliphatic heterocycles. The molecule has 0 aliphatic rings. The van der Waals surface area contributed by atoms with Gasteiger partial charge in [-0.05, 0) is 25.5 Å². The molecule has 1 aromatic carbocycles. The topological polar surface area (TPSA) is 73.6 Å². The molecule has 21 heavy (non-hydrogen) atoms. The van der Waals surface area contributed by atoms with Crippen molar-refractivity contribution in [3.8, 4) is 6.07 Å². The molecule has 2 aromatic rings. The van der Waals surface area contributed by atoms with Gasteiger partial charge in [-0.1, -0.05) is 25.5 Å². The van der Waals surface area contributed by atoms with E-state index < -0.39 is 0 Å². The van der Waals surface area contributed by atoms with Crippen molar-refractivity contribution in [1.29, 1.82) is 5.26 Å². The number of rotatable bonds is 6. The molecule has 0 radical (unpaired) electrons. The summed E-state index contributed by atoms with van der Waals surface area (Å²) in [6.45, 7) is 4.97. The van der Waals surface area contributed by atoms with Crippen molar-refractivity contribution in [1.82, 2.24) is 9.97 Å². The summed E-state index contributed by atoms with van der Waals surface area (Å²) in [6, 6.07) is 11.4. The molecule has 2 rings (SSSR count). The van der Waals surface area contributed by atoms with Gasteiger partial charge in [0.05, 0.1) is 11.3 Å². The lowest BCUT2D eigenvalue weighted by molar-refractivity contribution is 0.830. The Morgan fingerprint density at radius 1 is 1.24 bits per heavy atom. The Hall–Kier alpha value is -2.61. The zero-order valence-corrected chi connectivity index (χ0v) is 12.3. The Labute approximate surface area is 125 Å². The Kier molecular flexibility index (Phi) is 5.10. The van der Waals surface area contributed by atoms with Crippen molar-refractivity contribution >= 4 is 17.5 Å². The third-order valence-electron chi connectivity index (χ3n) is 2.98. The molecule has 0 atom stereocenters. The van der Waals surface area contributed by atoms with Crippen LogP contribution in [0.4, 0.5) is 17.5 Å². The standard InChI is InChI=1S/C16H19N5/c1-3-4-9-18-15-10-12(2)19-16(21-15)20-14-8-6-5-7-13(14)11-17/h5-8,10H,3-4,9H2,1-2H3,(H2,18,19,20,21). The fourth-order valence-electron chi connectivity index (χ4n) is 1.92. The van der Waals surface area contributed by atoms with Gasteiger partial charge in [-0.25, -0.2) is 4.98 Å². The van der Waals surface area contributed by atoms with E-state index in [9.17, 15) is 0 Å². The Morgan fingerprint density at radius 2 is 2.05 bits per heavy atom. The van der Waals surface area contributed by atoms with Crippen molar-refractivity contribution in [2.24, 2.45) is 0 Å². The highest BCUT2D eigenvalue weighted by molar-refractivity contribution is 5.63. The SMILES string of the molecule is CCCCNc1cc(C)nc(Nc2ccccc2C#N)n1. The van der Waals surface area contributed by atoms with E-state index in [0.29, 0.717) is 17.2 Å². The third-order valence-corrected chi connectivity index (χ3v) is 2.98. The fourth-order valence-corrected chi connectivity index (χ4v) is 1.92. The second kappa shape index (κ2) is 7.25. The highest BCUT2D eigenvalue weighted by atomic mass is 15.1. The van der Waals surface area contributed by atoms with Gasteiger partial charge < -0.3 is 10.6 Å². The van der Waals surface area contributed by atoms with Crippen LogP contribution in [0.5, 0.6) is 0 Å². The average molecular weight is 281 g/mol. The van der Waals surface area contributed by atoms with Gasteiger partial charge in [0.25, 0.3) is 0 Å². The minimum Gasteiger partial charge on any atom is -0.370 e. The summed E-state index contributed by atoms with van der Waals surface area (Å²) in [4.78, 5) is 8.79. The molecule has 0 aliphatic carbocycles. The monoisotopic (exact) mass is 281 g/mol. The second-order valence-corrected chi connectivity index (χ2v) is 4.78. The van der Waals surface area contributed by atoms with E-state index in [1.807, 2.05) is 31.2 Å². The summed E-state index contributed by atoms with van der Waals surface area (Å²) in [5, 5.41) is 15.5. The maximum Gasteiger partial charge on any atom is 0.229 e. The molecule has 5 heteroatoms. The number of nitrogens with one attached hydrogen (secondary N) is 2. The van der Waals surface area contributed by atoms with Gasteiger partial charge in [0.1, 0.15) is 11.9 Å². The molecule has 108 valence electrons. The van der Waals surface area contributed by atoms with Crippen molar-refractivity contribution < 1.29 is 0 Å². The molecule has 0 amide bonds. The summed E-state index contributed by atoms with van der Waals surface area (Å²) in [5.74, 6) is 1.30. The number of anilines is 3. The van der Waals surface area contributed by atoms with Crippen LogP contribution in [-0.2, 0) is 0 Å². The van der Waals surface area contributed by atoms with Gasteiger partial charge in [0.15, 0.2) is 0 Å². The zero-order chi connectivity index (χ0) is 15.1. The van der Waals surface area contributed by atoms with E-state index in [1.54, 1.807) is 6.07 Å². The first-order valence-corrected chi connectivity index (χ1v) is 7.08. The molecule has 1 heterocycles. The summed E-state index contributed by atoms with van der Waals surface area (Å²) in [6.07, 6.45) is 2.24. The molecule has 0 saturated carbocycles. The quantitative estimate of drug-likeness (QED) is 0.791. The summed E-state index contributed by atoms with van der Waals surface area (Å²) in [7, 11) is 0. The third kappa shape index (κ3) is 4.18. The van der Waals surface area contributed by atoms with Crippen LogP contribution < -0.4 is 10.6 Å². The largest absolute Gasteiger partial charge is 0.370 e. The van der Waals surface area contributed by atoms with Gasteiger partial charge in [-0.2, -0.15) is 10.2 Å². The number of benzene rings is 1. The van der Waals surface area contributed by atoms with Crippen molar-refractivity contribution in [3.63, 3.8) is 0 Å². The Bertz CT molecular complexity index is 645. The first-order chi connectivity index (χ1) is 10.2. The van der Waals surface area contributed by atoms with E-state index in [-0.39, 0.29) is 0 Å². The van der Waals surface area contributed by atoms with Crippen LogP contribution in [0.15, 0.2) is 30.3 Å². The van der Waals surface area contributed by atoms with Crippen LogP contribution in [0, 0.1) is 18.3 Å². The number of nitrogens with zero attached hydrogens (tertiary/aromatic N) is 3. The molecular formula is C16H19N5. The normalized spacial score (nSPS) is 9.95. The zero-order valence-electron chi connectivity index (χ0n) is 12.3. The lowest BCUT2D eigenvalue weighted by Gasteiger charge is -2.10. The molecule has 2 N–H and O–H groups in total. The van der Waals surface area contributed by atoms with Crippen molar-refractivity contribution in [2.45, 2.75) is 26.7 Å². The van der Waals surface area contributed by atoms with Crippen LogP contribution in [0.2, 0.25) is 0 Å². The van der Waals surface area contributed by atoms with E-state index in [1.165, 1.54) is 0 Å². The molecule has 0 unspecified atom stereocenters. The Morgan fingerprint density at radius 3 is 2.81 bits per heavy atom. The number of hydrogen-bond donors (Lipinski definition) is 2. The minimum atomic E-state index is 0.497. The number of aromatic nitrogens is 2. The lowest BCUT2D eigenvalue weighted by Crippen LogP contribution is -2.07. The Balaban J connectivity index is 2.18. The number of aryl methyl sites for hydroxylation is 1. The smallest absolute Gasteiger partial charge is 0.229 e. The number of hydrogen-bond acceptors (Lipinski definition) is 5. The predicted molar refractivity (Wildman–Crippen MR) is 84.6 cm³/mol. The van der Waals surface area contributed by atoms with Gasteiger partial charge in [-0.15, -0.1) is 0 Å². The van der Waals surface area contributed by atoms with E-state index >= 15 is 0 Å². The number of para-hydroxylation sites is 1. The van der Waals surface area contributed by atoms with Gasteiger partial charge in [0.2, 0.25) is 5.95 Å². The van der Waals surface area contributed by atoms with Crippen LogP contribution in [0.25, 0.3) is 0 Å². The molecule has 5 nitrogen and oxygen atoms in total. The minimum absolute atomic E-state index is 0.497. The number of nitriles is 1. The van der Waals surface area contributed by atoms with Crippen LogP contribution in [-0.4, -0.2) is 16.5 Å². The van der Waals surface area contributed by atoms with E-state index in [0.717, 1.165) is 30.9 Å². The first kappa shape index (κ1) is 14.8. The summed E-state index contributed by atoms with van der Waals surface area (Å²) in [5.41, 5.74) is 2.16. The fraction of sp³-hybridized carbons (Fsp3) is 0.312. The van der Waals surface area contributed by atoms with Crippen LogP contribution >= 0.6 is 0 Å².